The minimum Gasteiger partial charge on any atom is -0.480 e. The highest BCUT2D eigenvalue weighted by Gasteiger charge is 2.39. The van der Waals surface area contributed by atoms with E-state index < -0.39 is 35.7 Å². The van der Waals surface area contributed by atoms with Crippen LogP contribution in [0, 0.1) is 0 Å². The fraction of sp³-hybridized carbons (Fsp3) is 0.311. The Morgan fingerprint density at radius 3 is 1.76 bits per heavy atom. The number of likely N-dealkylation sites (N-methyl/N-ethyl adjacent to an activating group) is 3. The average Bonchev–Trinajstić information content (AvgIpc) is 3.74. The molecule has 0 unspecified atom stereocenters. The molecule has 58 heavy (non-hydrogen) atoms. The number of urea groups is 1. The van der Waals surface area contributed by atoms with Gasteiger partial charge in [-0.3, -0.25) is 4.79 Å². The van der Waals surface area contributed by atoms with E-state index in [0.717, 1.165) is 27.2 Å². The number of carbonyl (C=O) groups is 4. The first kappa shape index (κ1) is 41.2. The molecule has 0 bridgehead atoms. The van der Waals surface area contributed by atoms with Crippen molar-refractivity contribution in [1.82, 2.24) is 29.2 Å². The Labute approximate surface area is 339 Å². The fourth-order valence-electron chi connectivity index (χ4n) is 7.31. The number of hydrogen-bond donors (Lipinski definition) is 1. The standard InChI is InChI=1S/C45H50N6O7/c1-47(43(55)50-26-28-57-29-27-50)24-25-48(2)44(56)58-40(30-34-16-8-4-9-17-34)41(52)49(3)39(42(53)54)31-38-32-51(33-46-38)45(35-18-10-5-11-19-35,36-20-12-6-13-21-36)37-22-14-7-15-23-37/h4-23,32-33,39-40H,24-31H2,1-3H3,(H,53,54)/t39-,40-/m0/s1. The first-order valence-corrected chi connectivity index (χ1v) is 19.3. The van der Waals surface area contributed by atoms with Crippen LogP contribution in [-0.2, 0) is 37.4 Å². The van der Waals surface area contributed by atoms with Gasteiger partial charge in [0.05, 0.1) is 25.2 Å². The lowest BCUT2D eigenvalue weighted by molar-refractivity contribution is -0.153. The van der Waals surface area contributed by atoms with Gasteiger partial charge < -0.3 is 38.7 Å². The fourth-order valence-corrected chi connectivity index (χ4v) is 7.31. The van der Waals surface area contributed by atoms with Crippen LogP contribution in [0.25, 0.3) is 0 Å². The monoisotopic (exact) mass is 786 g/mol. The van der Waals surface area contributed by atoms with Crippen LogP contribution in [0.1, 0.15) is 27.9 Å². The third-order valence-electron chi connectivity index (χ3n) is 10.6. The predicted octanol–water partition coefficient (Wildman–Crippen LogP) is 5.24. The van der Waals surface area contributed by atoms with E-state index in [0.29, 0.717) is 32.0 Å². The number of rotatable bonds is 15. The molecule has 13 nitrogen and oxygen atoms in total. The van der Waals surface area contributed by atoms with Crippen LogP contribution in [0.2, 0.25) is 0 Å². The highest BCUT2D eigenvalue weighted by molar-refractivity contribution is 5.88. The van der Waals surface area contributed by atoms with Gasteiger partial charge in [-0.05, 0) is 22.3 Å². The number of amides is 4. The lowest BCUT2D eigenvalue weighted by Crippen LogP contribution is -2.51. The summed E-state index contributed by atoms with van der Waals surface area (Å²) in [7, 11) is 4.59. The number of carboxylic acids is 1. The summed E-state index contributed by atoms with van der Waals surface area (Å²) in [5.41, 5.74) is 3.25. The third-order valence-corrected chi connectivity index (χ3v) is 10.6. The molecule has 302 valence electrons. The Morgan fingerprint density at radius 1 is 0.741 bits per heavy atom. The zero-order valence-corrected chi connectivity index (χ0v) is 33.1. The van der Waals surface area contributed by atoms with Crippen molar-refractivity contribution in [1.29, 1.82) is 0 Å². The Hall–Kier alpha value is -6.47. The van der Waals surface area contributed by atoms with Crippen molar-refractivity contribution in [3.8, 4) is 0 Å². The molecule has 1 aromatic heterocycles. The molecule has 0 radical (unpaired) electrons. The van der Waals surface area contributed by atoms with Crippen molar-refractivity contribution in [2.45, 2.75) is 30.5 Å². The maximum absolute atomic E-state index is 14.3. The zero-order chi connectivity index (χ0) is 41.1. The number of carboxylic acid groups (broad SMARTS) is 1. The molecule has 2 atom stereocenters. The van der Waals surface area contributed by atoms with Gasteiger partial charge in [0.1, 0.15) is 11.6 Å². The SMILES string of the molecule is CN(CCN(C)C(=O)N1CCOCC1)C(=O)O[C@@H](Cc1ccccc1)C(=O)N(C)[C@@H](Cc1cn(C(c2ccccc2)(c2ccccc2)c2ccccc2)cn1)C(=O)O. The second kappa shape index (κ2) is 19.1. The second-order valence-electron chi connectivity index (χ2n) is 14.4. The van der Waals surface area contributed by atoms with E-state index in [9.17, 15) is 24.3 Å². The molecule has 4 amide bonds. The van der Waals surface area contributed by atoms with Gasteiger partial charge >= 0.3 is 18.1 Å². The van der Waals surface area contributed by atoms with E-state index in [1.54, 1.807) is 18.3 Å². The molecule has 4 aromatic carbocycles. The molecule has 0 aliphatic carbocycles. The molecule has 1 fully saturated rings. The van der Waals surface area contributed by atoms with Gasteiger partial charge in [-0.15, -0.1) is 0 Å². The summed E-state index contributed by atoms with van der Waals surface area (Å²) in [5.74, 6) is -1.91. The van der Waals surface area contributed by atoms with Crippen LogP contribution in [-0.4, -0.2) is 131 Å². The molecule has 1 saturated heterocycles. The quantitative estimate of drug-likeness (QED) is 0.142. The lowest BCUT2D eigenvalue weighted by Gasteiger charge is -2.37. The van der Waals surface area contributed by atoms with Crippen LogP contribution in [0.3, 0.4) is 0 Å². The van der Waals surface area contributed by atoms with E-state index in [1.165, 1.54) is 23.9 Å². The Bertz CT molecular complexity index is 2010. The summed E-state index contributed by atoms with van der Waals surface area (Å²) in [6.45, 7) is 2.30. The first-order chi connectivity index (χ1) is 28.1. The average molecular weight is 787 g/mol. The molecule has 0 spiro atoms. The topological polar surface area (TPSA) is 138 Å². The maximum atomic E-state index is 14.3. The molecule has 13 heteroatoms. The molecule has 2 heterocycles. The summed E-state index contributed by atoms with van der Waals surface area (Å²) in [6, 6.07) is 37.7. The number of benzene rings is 4. The van der Waals surface area contributed by atoms with Gasteiger partial charge in [0.15, 0.2) is 6.10 Å². The van der Waals surface area contributed by atoms with Crippen LogP contribution < -0.4 is 0 Å². The number of carbonyl (C=O) groups excluding carboxylic acids is 3. The smallest absolute Gasteiger partial charge is 0.410 e. The number of aliphatic carboxylic acids is 1. The van der Waals surface area contributed by atoms with Crippen LogP contribution in [0.15, 0.2) is 134 Å². The minimum atomic E-state index is -1.34. The second-order valence-corrected chi connectivity index (χ2v) is 14.4. The molecule has 6 rings (SSSR count). The Balaban J connectivity index is 1.23. The Morgan fingerprint density at radius 2 is 1.24 bits per heavy atom. The van der Waals surface area contributed by atoms with Crippen LogP contribution in [0.5, 0.6) is 0 Å². The summed E-state index contributed by atoms with van der Waals surface area (Å²) >= 11 is 0. The summed E-state index contributed by atoms with van der Waals surface area (Å²) in [5, 5.41) is 10.6. The highest BCUT2D eigenvalue weighted by atomic mass is 16.6. The van der Waals surface area contributed by atoms with Gasteiger partial charge in [0.2, 0.25) is 0 Å². The van der Waals surface area contributed by atoms with Crippen molar-refractivity contribution in [3.63, 3.8) is 0 Å². The number of imidazole rings is 1. The molecule has 5 aromatic rings. The van der Waals surface area contributed by atoms with Crippen molar-refractivity contribution in [3.05, 3.63) is 162 Å². The number of aromatic nitrogens is 2. The van der Waals surface area contributed by atoms with Crippen molar-refractivity contribution in [2.75, 3.05) is 60.5 Å². The molecule has 1 aliphatic heterocycles. The van der Waals surface area contributed by atoms with E-state index >= 15 is 0 Å². The van der Waals surface area contributed by atoms with Gasteiger partial charge in [0.25, 0.3) is 5.91 Å². The normalized spacial score (nSPS) is 13.9. The molecular formula is C45H50N6O7. The minimum absolute atomic E-state index is 0.0216. The zero-order valence-electron chi connectivity index (χ0n) is 33.1. The van der Waals surface area contributed by atoms with Crippen molar-refractivity contribution >= 4 is 24.0 Å². The lowest BCUT2D eigenvalue weighted by atomic mass is 9.77. The highest BCUT2D eigenvalue weighted by Crippen LogP contribution is 2.40. The summed E-state index contributed by atoms with van der Waals surface area (Å²) < 4.78 is 13.2. The third kappa shape index (κ3) is 9.38. The predicted molar refractivity (Wildman–Crippen MR) is 218 cm³/mol. The maximum Gasteiger partial charge on any atom is 0.410 e. The van der Waals surface area contributed by atoms with Crippen LogP contribution >= 0.6 is 0 Å². The number of morpholine rings is 1. The first-order valence-electron chi connectivity index (χ1n) is 19.3. The van der Waals surface area contributed by atoms with Crippen molar-refractivity contribution in [2.24, 2.45) is 0 Å². The summed E-state index contributed by atoms with van der Waals surface area (Å²) in [6.07, 6.45) is 1.32. The van der Waals surface area contributed by atoms with Gasteiger partial charge in [-0.25, -0.2) is 19.4 Å². The number of nitrogens with zero attached hydrogens (tertiary/aromatic N) is 6. The molecule has 0 saturated carbocycles. The van der Waals surface area contributed by atoms with Crippen LogP contribution in [0.4, 0.5) is 9.59 Å². The van der Waals surface area contributed by atoms with E-state index in [2.05, 4.69) is 36.4 Å². The number of hydrogen-bond acceptors (Lipinski definition) is 7. The van der Waals surface area contributed by atoms with E-state index in [-0.39, 0.29) is 32.0 Å². The summed E-state index contributed by atoms with van der Waals surface area (Å²) in [4.78, 5) is 63.9. The molecule has 1 N–H and O–H groups in total. The van der Waals surface area contributed by atoms with Gasteiger partial charge in [-0.1, -0.05) is 121 Å². The van der Waals surface area contributed by atoms with E-state index in [1.807, 2.05) is 95.7 Å². The largest absolute Gasteiger partial charge is 0.480 e. The molecular weight excluding hydrogens is 737 g/mol. The van der Waals surface area contributed by atoms with Gasteiger partial charge in [0, 0.05) is 66.4 Å². The number of ether oxygens (including phenoxy) is 2. The van der Waals surface area contributed by atoms with Crippen molar-refractivity contribution < 1.29 is 33.8 Å². The molecule has 1 aliphatic rings. The van der Waals surface area contributed by atoms with E-state index in [4.69, 9.17) is 14.5 Å². The Kier molecular flexibility index (Phi) is 13.6. The van der Waals surface area contributed by atoms with Gasteiger partial charge in [-0.2, -0.15) is 0 Å².